The van der Waals surface area contributed by atoms with Crippen LogP contribution in [0.1, 0.15) is 174 Å². The van der Waals surface area contributed by atoms with Gasteiger partial charge in [-0.2, -0.15) is 0 Å². The first-order valence-corrected chi connectivity index (χ1v) is 23.0. The Morgan fingerprint density at radius 3 is 1.64 bits per heavy atom. The van der Waals surface area contributed by atoms with E-state index in [1.807, 2.05) is 27.2 Å². The zero-order valence-corrected chi connectivity index (χ0v) is 35.9. The maximum absolute atomic E-state index is 12.8. The Kier molecular flexibility index (Phi) is 35.1. The maximum atomic E-state index is 12.8. The zero-order chi connectivity index (χ0) is 39.3. The lowest BCUT2D eigenvalue weighted by Gasteiger charge is -2.25. The van der Waals surface area contributed by atoms with E-state index >= 15 is 0 Å². The van der Waals surface area contributed by atoms with E-state index in [2.05, 4.69) is 55.6 Å². The highest BCUT2D eigenvalue weighted by molar-refractivity contribution is 7.47. The predicted octanol–water partition coefficient (Wildman–Crippen LogP) is 11.7. The van der Waals surface area contributed by atoms with Crippen molar-refractivity contribution in [1.29, 1.82) is 0 Å². The summed E-state index contributed by atoms with van der Waals surface area (Å²) >= 11 is 0. The monoisotopic (exact) mass is 768 g/mol. The largest absolute Gasteiger partial charge is 0.472 e. The van der Waals surface area contributed by atoms with Crippen LogP contribution in [0.4, 0.5) is 0 Å². The number of amides is 1. The van der Waals surface area contributed by atoms with E-state index in [0.29, 0.717) is 17.4 Å². The third-order valence-corrected chi connectivity index (χ3v) is 10.3. The van der Waals surface area contributed by atoms with Crippen molar-refractivity contribution in [3.8, 4) is 0 Å². The molecule has 0 aliphatic carbocycles. The minimum atomic E-state index is -4.34. The molecule has 3 atom stereocenters. The number of aliphatic hydroxyl groups is 1. The van der Waals surface area contributed by atoms with Gasteiger partial charge in [-0.05, 0) is 64.2 Å². The molecule has 0 aromatic heterocycles. The summed E-state index contributed by atoms with van der Waals surface area (Å²) in [5, 5.41) is 13.7. The Morgan fingerprint density at radius 2 is 1.09 bits per heavy atom. The van der Waals surface area contributed by atoms with Crippen LogP contribution in [0.2, 0.25) is 0 Å². The second kappa shape index (κ2) is 36.1. The lowest BCUT2D eigenvalue weighted by atomic mass is 10.1. The van der Waals surface area contributed by atoms with Gasteiger partial charge in [-0.15, -0.1) is 0 Å². The van der Waals surface area contributed by atoms with Gasteiger partial charge in [0.05, 0.1) is 39.9 Å². The number of phosphoric acid groups is 1. The number of likely N-dealkylation sites (N-methyl/N-ethyl adjacent to an activating group) is 1. The van der Waals surface area contributed by atoms with Crippen LogP contribution < -0.4 is 5.32 Å². The number of hydrogen-bond acceptors (Lipinski definition) is 5. The van der Waals surface area contributed by atoms with Gasteiger partial charge in [-0.3, -0.25) is 13.8 Å². The highest BCUT2D eigenvalue weighted by Gasteiger charge is 2.27. The number of nitrogens with zero attached hydrogens (tertiary/aromatic N) is 1. The maximum Gasteiger partial charge on any atom is 0.472 e. The van der Waals surface area contributed by atoms with Crippen molar-refractivity contribution in [1.82, 2.24) is 5.32 Å². The molecule has 0 spiro atoms. The molecule has 3 N–H and O–H groups in total. The van der Waals surface area contributed by atoms with Gasteiger partial charge in [0.25, 0.3) is 0 Å². The fourth-order valence-electron chi connectivity index (χ4n) is 5.79. The van der Waals surface area contributed by atoms with Crippen LogP contribution in [0.3, 0.4) is 0 Å². The quantitative estimate of drug-likeness (QED) is 0.0250. The number of aliphatic hydroxyl groups excluding tert-OH is 1. The molecule has 3 unspecified atom stereocenters. The fraction of sp³-hybridized carbons (Fsp3) is 0.795. The second-order valence-corrected chi connectivity index (χ2v) is 17.2. The molecule has 0 aliphatic rings. The standard InChI is InChI=1S/C44H83N2O6P/c1-6-8-10-12-14-16-18-19-20-21-22-23-24-25-26-27-28-30-32-34-36-38-44(48)45-42(41-52-53(49,50)51-40-39-46(3,4)5)43(47)37-35-33-31-29-17-15-13-11-9-7-2/h17-19,21-22,29,35,37,42-43,47H,6-16,20,23-28,30-34,36,38-41H2,1-5H3,(H-,45,48,49,50)/p+1/b19-18-,22-21-,29-17+,37-35+. The normalized spacial score (nSPS) is 14.9. The minimum absolute atomic E-state index is 0.0537. The van der Waals surface area contributed by atoms with Crippen LogP contribution >= 0.6 is 7.82 Å². The first kappa shape index (κ1) is 51.5. The molecule has 1 amide bonds. The van der Waals surface area contributed by atoms with Gasteiger partial charge in [0.15, 0.2) is 0 Å². The SMILES string of the molecule is CCCCCC/C=C/CC/C=C/C(O)C(COP(=O)(O)OCC[N+](C)(C)C)NC(=O)CCCCCCCCCCC/C=C\C/C=C\CCCCCCC. The number of carbonyl (C=O) groups is 1. The smallest absolute Gasteiger partial charge is 0.387 e. The van der Waals surface area contributed by atoms with Crippen LogP contribution in [0.5, 0.6) is 0 Å². The summed E-state index contributed by atoms with van der Waals surface area (Å²) < 4.78 is 23.5. The summed E-state index contributed by atoms with van der Waals surface area (Å²) in [6, 6.07) is -0.863. The predicted molar refractivity (Wildman–Crippen MR) is 226 cm³/mol. The van der Waals surface area contributed by atoms with E-state index in [4.69, 9.17) is 9.05 Å². The fourth-order valence-corrected chi connectivity index (χ4v) is 6.53. The average molecular weight is 768 g/mol. The van der Waals surface area contributed by atoms with Crippen LogP contribution in [-0.4, -0.2) is 73.4 Å². The Bertz CT molecular complexity index is 1010. The molecule has 8 nitrogen and oxygen atoms in total. The Labute approximate surface area is 327 Å². The molecule has 310 valence electrons. The van der Waals surface area contributed by atoms with Crippen LogP contribution in [-0.2, 0) is 18.4 Å². The van der Waals surface area contributed by atoms with Crippen molar-refractivity contribution < 1.29 is 32.9 Å². The third kappa shape index (κ3) is 38.5. The van der Waals surface area contributed by atoms with Gasteiger partial charge >= 0.3 is 7.82 Å². The van der Waals surface area contributed by atoms with Crippen molar-refractivity contribution in [2.24, 2.45) is 0 Å². The van der Waals surface area contributed by atoms with Gasteiger partial charge in [0, 0.05) is 6.42 Å². The zero-order valence-electron chi connectivity index (χ0n) is 35.0. The first-order chi connectivity index (χ1) is 25.5. The van der Waals surface area contributed by atoms with E-state index in [1.165, 1.54) is 109 Å². The molecule has 0 radical (unpaired) electrons. The van der Waals surface area contributed by atoms with Gasteiger partial charge in [-0.1, -0.05) is 152 Å². The van der Waals surface area contributed by atoms with Crippen molar-refractivity contribution in [3.05, 3.63) is 48.6 Å². The topological polar surface area (TPSA) is 105 Å². The van der Waals surface area contributed by atoms with E-state index in [1.54, 1.807) is 6.08 Å². The average Bonchev–Trinajstić information content (AvgIpc) is 3.10. The van der Waals surface area contributed by atoms with Gasteiger partial charge in [-0.25, -0.2) is 4.57 Å². The summed E-state index contributed by atoms with van der Waals surface area (Å²) in [5.41, 5.74) is 0. The number of allylic oxidation sites excluding steroid dienone is 7. The molecular weight excluding hydrogens is 683 g/mol. The number of phosphoric ester groups is 1. The number of quaternary nitrogens is 1. The summed E-state index contributed by atoms with van der Waals surface area (Å²) in [4.78, 5) is 23.0. The molecule has 0 aromatic carbocycles. The lowest BCUT2D eigenvalue weighted by Crippen LogP contribution is -2.45. The lowest BCUT2D eigenvalue weighted by molar-refractivity contribution is -0.870. The summed E-state index contributed by atoms with van der Waals surface area (Å²) in [6.07, 6.45) is 44.7. The molecule has 53 heavy (non-hydrogen) atoms. The molecule has 0 saturated heterocycles. The van der Waals surface area contributed by atoms with Gasteiger partial charge in [0.1, 0.15) is 13.2 Å². The number of carbonyl (C=O) groups excluding carboxylic acids is 1. The number of rotatable bonds is 38. The van der Waals surface area contributed by atoms with Gasteiger partial charge < -0.3 is 19.8 Å². The Hall–Kier alpha value is -1.54. The van der Waals surface area contributed by atoms with Crippen LogP contribution in [0.25, 0.3) is 0 Å². The molecule has 0 rings (SSSR count). The Morgan fingerprint density at radius 1 is 0.642 bits per heavy atom. The Balaban J connectivity index is 4.35. The molecular formula is C44H84N2O6P+. The molecule has 0 aromatic rings. The van der Waals surface area contributed by atoms with Crippen LogP contribution in [0.15, 0.2) is 48.6 Å². The molecule has 0 heterocycles. The molecule has 0 aliphatic heterocycles. The molecule has 0 saturated carbocycles. The first-order valence-electron chi connectivity index (χ1n) is 21.5. The van der Waals surface area contributed by atoms with E-state index < -0.39 is 20.0 Å². The highest BCUT2D eigenvalue weighted by Crippen LogP contribution is 2.43. The van der Waals surface area contributed by atoms with Crippen molar-refractivity contribution >= 4 is 13.7 Å². The van der Waals surface area contributed by atoms with E-state index in [0.717, 1.165) is 44.9 Å². The summed E-state index contributed by atoms with van der Waals surface area (Å²) in [7, 11) is 1.54. The highest BCUT2D eigenvalue weighted by atomic mass is 31.2. The van der Waals surface area contributed by atoms with Gasteiger partial charge in [0.2, 0.25) is 5.91 Å². The second-order valence-electron chi connectivity index (χ2n) is 15.7. The summed E-state index contributed by atoms with van der Waals surface area (Å²) in [6.45, 7) is 4.72. The summed E-state index contributed by atoms with van der Waals surface area (Å²) in [5.74, 6) is -0.196. The number of hydrogen-bond donors (Lipinski definition) is 3. The molecule has 9 heteroatoms. The molecule has 0 bridgehead atoms. The van der Waals surface area contributed by atoms with Crippen LogP contribution in [0, 0.1) is 0 Å². The van der Waals surface area contributed by atoms with E-state index in [-0.39, 0.29) is 19.1 Å². The number of nitrogens with one attached hydrogen (secondary N) is 1. The van der Waals surface area contributed by atoms with Crippen molar-refractivity contribution in [3.63, 3.8) is 0 Å². The van der Waals surface area contributed by atoms with Crippen molar-refractivity contribution in [2.75, 3.05) is 40.9 Å². The number of unbranched alkanes of at least 4 members (excludes halogenated alkanes) is 19. The van der Waals surface area contributed by atoms with Crippen molar-refractivity contribution in [2.45, 2.75) is 187 Å². The molecule has 0 fully saturated rings. The minimum Gasteiger partial charge on any atom is -0.387 e. The van der Waals surface area contributed by atoms with E-state index in [9.17, 15) is 19.4 Å². The third-order valence-electron chi connectivity index (χ3n) is 9.27.